The monoisotopic (exact) mass is 181 g/mol. The van der Waals surface area contributed by atoms with Crippen molar-refractivity contribution in [1.29, 1.82) is 0 Å². The summed E-state index contributed by atoms with van der Waals surface area (Å²) in [4.78, 5) is 22.3. The Morgan fingerprint density at radius 1 is 1.62 bits per heavy atom. The Kier molecular flexibility index (Phi) is 2.84. The number of furan rings is 1. The maximum atomic E-state index is 10.8. The molecule has 13 heavy (non-hydrogen) atoms. The maximum absolute atomic E-state index is 10.8. The summed E-state index contributed by atoms with van der Waals surface area (Å²) >= 11 is 0. The van der Waals surface area contributed by atoms with Gasteiger partial charge in [-0.2, -0.15) is 0 Å². The summed E-state index contributed by atoms with van der Waals surface area (Å²) in [5.74, 6) is 0.922. The molecule has 1 aromatic rings. The van der Waals surface area contributed by atoms with Crippen molar-refractivity contribution in [2.75, 3.05) is 7.05 Å². The quantitative estimate of drug-likeness (QED) is 0.510. The number of aldehydes is 1. The van der Waals surface area contributed by atoms with Crippen LogP contribution in [0, 0.1) is 6.92 Å². The topological polar surface area (TPSA) is 50.5 Å². The van der Waals surface area contributed by atoms with Crippen LogP contribution in [-0.4, -0.2) is 24.1 Å². The van der Waals surface area contributed by atoms with E-state index in [2.05, 4.69) is 0 Å². The molecule has 0 saturated heterocycles. The Labute approximate surface area is 76.1 Å². The van der Waals surface area contributed by atoms with Crippen molar-refractivity contribution < 1.29 is 14.0 Å². The minimum Gasteiger partial charge on any atom is -0.464 e. The van der Waals surface area contributed by atoms with Gasteiger partial charge in [-0.25, -0.2) is 0 Å². The fraction of sp³-hybridized carbons (Fsp3) is 0.333. The molecule has 0 N–H and O–H groups in total. The predicted octanol–water partition coefficient (Wildman–Crippen LogP) is 0.745. The van der Waals surface area contributed by atoms with E-state index in [9.17, 15) is 9.59 Å². The highest BCUT2D eigenvalue weighted by Gasteiger charge is 2.08. The Hall–Kier alpha value is -1.58. The molecule has 4 nitrogen and oxygen atoms in total. The smallest absolute Gasteiger partial charge is 0.286 e. The molecule has 0 fully saturated rings. The van der Waals surface area contributed by atoms with Gasteiger partial charge in [-0.3, -0.25) is 9.59 Å². The van der Waals surface area contributed by atoms with Gasteiger partial charge in [0.05, 0.1) is 6.54 Å². The lowest BCUT2D eigenvalue weighted by molar-refractivity contribution is -0.138. The first kappa shape index (κ1) is 9.51. The highest BCUT2D eigenvalue weighted by Crippen LogP contribution is 2.08. The molecule has 1 rings (SSSR count). The van der Waals surface area contributed by atoms with Crippen molar-refractivity contribution in [3.05, 3.63) is 23.7 Å². The van der Waals surface area contributed by atoms with Gasteiger partial charge < -0.3 is 9.32 Å². The number of nitrogens with zero attached hydrogens (tertiary/aromatic N) is 1. The summed E-state index contributed by atoms with van der Waals surface area (Å²) in [5.41, 5.74) is 0. The molecule has 1 aromatic heterocycles. The third-order valence-corrected chi connectivity index (χ3v) is 1.67. The molecule has 4 heteroatoms. The molecule has 0 unspecified atom stereocenters. The van der Waals surface area contributed by atoms with Crippen molar-refractivity contribution in [2.24, 2.45) is 0 Å². The summed E-state index contributed by atoms with van der Waals surface area (Å²) in [6.07, 6.45) is 0.287. The Balaban J connectivity index is 2.59. The first-order valence-corrected chi connectivity index (χ1v) is 3.89. The first-order valence-electron chi connectivity index (χ1n) is 3.89. The van der Waals surface area contributed by atoms with E-state index in [-0.39, 0.29) is 6.29 Å². The van der Waals surface area contributed by atoms with Gasteiger partial charge in [0.25, 0.3) is 5.91 Å². The lowest BCUT2D eigenvalue weighted by Crippen LogP contribution is -2.26. The molecule has 0 aliphatic carbocycles. The second kappa shape index (κ2) is 3.89. The van der Waals surface area contributed by atoms with Crippen molar-refractivity contribution in [1.82, 2.24) is 4.90 Å². The van der Waals surface area contributed by atoms with E-state index in [1.165, 1.54) is 4.90 Å². The van der Waals surface area contributed by atoms with Crippen LogP contribution in [0.5, 0.6) is 0 Å². The number of carbonyl (C=O) groups excluding carboxylic acids is 2. The SMILES string of the molecule is Cc1ccc(CN(C)C(=O)C=O)o1. The van der Waals surface area contributed by atoms with Gasteiger partial charge in [0.1, 0.15) is 11.5 Å². The van der Waals surface area contributed by atoms with Crippen molar-refractivity contribution in [3.8, 4) is 0 Å². The van der Waals surface area contributed by atoms with Crippen LogP contribution in [0.1, 0.15) is 11.5 Å². The standard InChI is InChI=1S/C9H11NO3/c1-7-3-4-8(13-7)5-10(2)9(12)6-11/h3-4,6H,5H2,1-2H3. The summed E-state index contributed by atoms with van der Waals surface area (Å²) < 4.78 is 5.24. The molecular weight excluding hydrogens is 170 g/mol. The van der Waals surface area contributed by atoms with Crippen LogP contribution < -0.4 is 0 Å². The van der Waals surface area contributed by atoms with Gasteiger partial charge >= 0.3 is 0 Å². The molecule has 0 bridgehead atoms. The highest BCUT2D eigenvalue weighted by molar-refractivity contribution is 6.23. The fourth-order valence-electron chi connectivity index (χ4n) is 0.972. The van der Waals surface area contributed by atoms with Crippen molar-refractivity contribution in [2.45, 2.75) is 13.5 Å². The number of rotatable bonds is 3. The van der Waals surface area contributed by atoms with Gasteiger partial charge in [0, 0.05) is 7.05 Å². The number of hydrogen-bond acceptors (Lipinski definition) is 3. The first-order chi connectivity index (χ1) is 6.13. The molecule has 0 radical (unpaired) electrons. The fourth-order valence-corrected chi connectivity index (χ4v) is 0.972. The number of aryl methyl sites for hydroxylation is 1. The molecule has 0 aromatic carbocycles. The largest absolute Gasteiger partial charge is 0.464 e. The molecule has 0 atom stereocenters. The Morgan fingerprint density at radius 3 is 2.77 bits per heavy atom. The Morgan fingerprint density at radius 2 is 2.31 bits per heavy atom. The van der Waals surface area contributed by atoms with E-state index in [1.54, 1.807) is 13.1 Å². The van der Waals surface area contributed by atoms with Gasteiger partial charge in [0.2, 0.25) is 6.29 Å². The molecule has 70 valence electrons. The van der Waals surface area contributed by atoms with E-state index in [0.29, 0.717) is 12.3 Å². The predicted molar refractivity (Wildman–Crippen MR) is 46.0 cm³/mol. The van der Waals surface area contributed by atoms with Crippen LogP contribution in [0.2, 0.25) is 0 Å². The Bertz CT molecular complexity index is 316. The zero-order valence-electron chi connectivity index (χ0n) is 7.61. The summed E-state index contributed by atoms with van der Waals surface area (Å²) in [6.45, 7) is 2.15. The van der Waals surface area contributed by atoms with Crippen molar-refractivity contribution in [3.63, 3.8) is 0 Å². The zero-order valence-corrected chi connectivity index (χ0v) is 7.61. The third-order valence-electron chi connectivity index (χ3n) is 1.67. The highest BCUT2D eigenvalue weighted by atomic mass is 16.3. The van der Waals surface area contributed by atoms with Gasteiger partial charge in [-0.15, -0.1) is 0 Å². The van der Waals surface area contributed by atoms with Crippen LogP contribution in [0.4, 0.5) is 0 Å². The minimum absolute atomic E-state index is 0.287. The number of carbonyl (C=O) groups is 2. The third kappa shape index (κ3) is 2.43. The van der Waals surface area contributed by atoms with E-state index in [0.717, 1.165) is 5.76 Å². The van der Waals surface area contributed by atoms with E-state index < -0.39 is 5.91 Å². The average molecular weight is 181 g/mol. The lowest BCUT2D eigenvalue weighted by atomic mass is 10.4. The van der Waals surface area contributed by atoms with Gasteiger partial charge in [-0.05, 0) is 19.1 Å². The minimum atomic E-state index is -0.547. The summed E-state index contributed by atoms with van der Waals surface area (Å²) in [5, 5.41) is 0. The molecular formula is C9H11NO3. The lowest BCUT2D eigenvalue weighted by Gasteiger charge is -2.10. The zero-order chi connectivity index (χ0) is 9.84. The normalized spacial score (nSPS) is 9.69. The molecule has 0 spiro atoms. The van der Waals surface area contributed by atoms with Crippen LogP contribution in [0.25, 0.3) is 0 Å². The average Bonchev–Trinajstić information content (AvgIpc) is 2.49. The van der Waals surface area contributed by atoms with Gasteiger partial charge in [-0.1, -0.05) is 0 Å². The van der Waals surface area contributed by atoms with Crippen LogP contribution in [0.15, 0.2) is 16.5 Å². The van der Waals surface area contributed by atoms with Crippen LogP contribution in [0.3, 0.4) is 0 Å². The summed E-state index contributed by atoms with van der Waals surface area (Å²) in [7, 11) is 1.55. The van der Waals surface area contributed by atoms with E-state index >= 15 is 0 Å². The maximum Gasteiger partial charge on any atom is 0.286 e. The number of hydrogen-bond donors (Lipinski definition) is 0. The molecule has 1 amide bonds. The number of likely N-dealkylation sites (N-methyl/N-ethyl adjacent to an activating group) is 1. The second-order valence-electron chi connectivity index (χ2n) is 2.82. The number of amides is 1. The van der Waals surface area contributed by atoms with Crippen LogP contribution in [-0.2, 0) is 16.1 Å². The van der Waals surface area contributed by atoms with Gasteiger partial charge in [0.15, 0.2) is 0 Å². The van der Waals surface area contributed by atoms with Crippen LogP contribution >= 0.6 is 0 Å². The van der Waals surface area contributed by atoms with Crippen molar-refractivity contribution >= 4 is 12.2 Å². The second-order valence-corrected chi connectivity index (χ2v) is 2.82. The molecule has 1 heterocycles. The molecule has 0 aliphatic rings. The van der Waals surface area contributed by atoms with E-state index in [1.807, 2.05) is 13.0 Å². The molecule has 0 aliphatic heterocycles. The van der Waals surface area contributed by atoms with E-state index in [4.69, 9.17) is 4.42 Å². The summed E-state index contributed by atoms with van der Waals surface area (Å²) in [6, 6.07) is 3.60. The molecule has 0 saturated carbocycles.